The minimum Gasteiger partial charge on any atom is -0.550 e. The van der Waals surface area contributed by atoms with Gasteiger partial charge in [-0.2, -0.15) is 0 Å². The van der Waals surface area contributed by atoms with Crippen LogP contribution in [-0.2, 0) is 4.79 Å². The molecule has 0 aromatic carbocycles. The van der Waals surface area contributed by atoms with E-state index in [1.165, 1.54) is 0 Å². The highest BCUT2D eigenvalue weighted by molar-refractivity contribution is 5.64. The first-order valence-electron chi connectivity index (χ1n) is 4.79. The lowest BCUT2D eigenvalue weighted by molar-refractivity contribution is -0.898. The number of carboxylic acid groups (broad SMARTS) is 1. The zero-order chi connectivity index (χ0) is 11.0. The number of rotatable bonds is 8. The minimum absolute atomic E-state index is 0.127. The Morgan fingerprint density at radius 1 is 1.36 bits per heavy atom. The lowest BCUT2D eigenvalue weighted by atomic mass is 10.2. The molecule has 3 heteroatoms. The summed E-state index contributed by atoms with van der Waals surface area (Å²) < 4.78 is 0.764. The highest BCUT2D eigenvalue weighted by Gasteiger charge is 2.16. The monoisotopic (exact) mass is 197 g/mol. The molecule has 80 valence electrons. The molecule has 0 radical (unpaired) electrons. The number of quaternary nitrogens is 1. The zero-order valence-corrected chi connectivity index (χ0v) is 8.87. The molecule has 0 aliphatic rings. The van der Waals surface area contributed by atoms with Crippen LogP contribution >= 0.6 is 0 Å². The van der Waals surface area contributed by atoms with Gasteiger partial charge in [0, 0.05) is 12.4 Å². The summed E-state index contributed by atoms with van der Waals surface area (Å²) in [5.41, 5.74) is 0. The van der Waals surface area contributed by atoms with E-state index in [1.54, 1.807) is 0 Å². The van der Waals surface area contributed by atoms with E-state index >= 15 is 0 Å². The van der Waals surface area contributed by atoms with E-state index in [0.29, 0.717) is 6.42 Å². The molecule has 0 aromatic heterocycles. The van der Waals surface area contributed by atoms with Crippen LogP contribution in [0.1, 0.15) is 12.8 Å². The first-order valence-corrected chi connectivity index (χ1v) is 4.79. The van der Waals surface area contributed by atoms with Gasteiger partial charge < -0.3 is 14.4 Å². The molecule has 0 aliphatic carbocycles. The van der Waals surface area contributed by atoms with Crippen LogP contribution < -0.4 is 5.11 Å². The van der Waals surface area contributed by atoms with Crippen LogP contribution in [0.25, 0.3) is 0 Å². The maximum atomic E-state index is 10.2. The zero-order valence-electron chi connectivity index (χ0n) is 8.87. The molecule has 0 fully saturated rings. The summed E-state index contributed by atoms with van der Waals surface area (Å²) in [5.74, 6) is -0.978. The number of likely N-dealkylation sites (N-methyl/N-ethyl adjacent to an activating group) is 1. The summed E-state index contributed by atoms with van der Waals surface area (Å²) in [6, 6.07) is 0. The second kappa shape index (κ2) is 6.38. The van der Waals surface area contributed by atoms with Crippen LogP contribution in [0, 0.1) is 0 Å². The summed E-state index contributed by atoms with van der Waals surface area (Å²) in [6.07, 6.45) is 4.47. The lowest BCUT2D eigenvalue weighted by Crippen LogP contribution is -2.45. The Kier molecular flexibility index (Phi) is 5.88. The van der Waals surface area contributed by atoms with Gasteiger partial charge in [-0.15, -0.1) is 0 Å². The predicted molar refractivity (Wildman–Crippen MR) is 55.4 cm³/mol. The van der Waals surface area contributed by atoms with Gasteiger partial charge >= 0.3 is 0 Å². The van der Waals surface area contributed by atoms with Gasteiger partial charge in [0.2, 0.25) is 0 Å². The number of aliphatic carboxylic acids is 1. The average molecular weight is 197 g/mol. The predicted octanol–water partition coefficient (Wildman–Crippen LogP) is 0.335. The van der Waals surface area contributed by atoms with Gasteiger partial charge in [0.1, 0.15) is 0 Å². The van der Waals surface area contributed by atoms with Crippen LogP contribution in [0.5, 0.6) is 0 Å². The normalized spacial score (nSPS) is 10.9. The summed E-state index contributed by atoms with van der Waals surface area (Å²) in [4.78, 5) is 10.2. The fourth-order valence-corrected chi connectivity index (χ4v) is 1.49. The van der Waals surface area contributed by atoms with E-state index < -0.39 is 5.97 Å². The first-order chi connectivity index (χ1) is 6.54. The second-order valence-corrected chi connectivity index (χ2v) is 3.76. The topological polar surface area (TPSA) is 40.1 Å². The van der Waals surface area contributed by atoms with Crippen molar-refractivity contribution in [3.8, 4) is 0 Å². The maximum absolute atomic E-state index is 10.2. The Balaban J connectivity index is 4.00. The third kappa shape index (κ3) is 5.54. The third-order valence-corrected chi connectivity index (χ3v) is 2.22. The highest BCUT2D eigenvalue weighted by atomic mass is 16.4. The van der Waals surface area contributed by atoms with Crippen molar-refractivity contribution in [2.45, 2.75) is 12.8 Å². The molecular formula is C11H19NO2. The lowest BCUT2D eigenvalue weighted by Gasteiger charge is -2.32. The number of hydrogen-bond donors (Lipinski definition) is 0. The molecule has 0 aliphatic heterocycles. The molecule has 0 bridgehead atoms. The molecule has 0 spiro atoms. The fraction of sp³-hybridized carbons (Fsp3) is 0.545. The van der Waals surface area contributed by atoms with Crippen molar-refractivity contribution in [1.29, 1.82) is 0 Å². The van der Waals surface area contributed by atoms with Crippen LogP contribution in [0.15, 0.2) is 25.3 Å². The Morgan fingerprint density at radius 3 is 2.21 bits per heavy atom. The first kappa shape index (κ1) is 12.9. The van der Waals surface area contributed by atoms with Gasteiger partial charge in [0.05, 0.1) is 26.7 Å². The molecule has 0 unspecified atom stereocenters. The quantitative estimate of drug-likeness (QED) is 0.416. The van der Waals surface area contributed by atoms with E-state index in [0.717, 1.165) is 24.1 Å². The van der Waals surface area contributed by atoms with Crippen LogP contribution in [0.3, 0.4) is 0 Å². The fourth-order valence-electron chi connectivity index (χ4n) is 1.49. The molecule has 0 rings (SSSR count). The number of carbonyl (C=O) groups excluding carboxylic acids is 1. The van der Waals surface area contributed by atoms with Gasteiger partial charge in [-0.3, -0.25) is 0 Å². The number of nitrogens with zero attached hydrogens (tertiary/aromatic N) is 1. The molecule has 14 heavy (non-hydrogen) atoms. The maximum Gasteiger partial charge on any atom is 0.0971 e. The molecule has 3 nitrogen and oxygen atoms in total. The van der Waals surface area contributed by atoms with Crippen LogP contribution in [0.4, 0.5) is 0 Å². The van der Waals surface area contributed by atoms with Crippen molar-refractivity contribution in [2.24, 2.45) is 0 Å². The van der Waals surface area contributed by atoms with Crippen molar-refractivity contribution < 1.29 is 14.4 Å². The van der Waals surface area contributed by atoms with Gasteiger partial charge in [-0.05, 0) is 18.6 Å². The van der Waals surface area contributed by atoms with Crippen molar-refractivity contribution in [3.63, 3.8) is 0 Å². The average Bonchev–Trinajstić information content (AvgIpc) is 2.03. The Hall–Kier alpha value is -1.09. The van der Waals surface area contributed by atoms with Gasteiger partial charge in [-0.1, -0.05) is 13.2 Å². The third-order valence-electron chi connectivity index (χ3n) is 2.22. The molecule has 0 N–H and O–H groups in total. The van der Waals surface area contributed by atoms with E-state index in [-0.39, 0.29) is 6.42 Å². The summed E-state index contributed by atoms with van der Waals surface area (Å²) in [7, 11) is 2.07. The van der Waals surface area contributed by atoms with Crippen molar-refractivity contribution in [3.05, 3.63) is 25.3 Å². The Morgan fingerprint density at radius 2 is 1.86 bits per heavy atom. The minimum atomic E-state index is -0.978. The molecule has 0 aromatic rings. The number of carboxylic acids is 1. The van der Waals surface area contributed by atoms with E-state index in [1.807, 2.05) is 12.2 Å². The van der Waals surface area contributed by atoms with Crippen molar-refractivity contribution in [1.82, 2.24) is 0 Å². The van der Waals surface area contributed by atoms with E-state index in [4.69, 9.17) is 0 Å². The Labute approximate surface area is 85.9 Å². The van der Waals surface area contributed by atoms with Gasteiger partial charge in [-0.25, -0.2) is 0 Å². The van der Waals surface area contributed by atoms with E-state index in [9.17, 15) is 9.90 Å². The van der Waals surface area contributed by atoms with E-state index in [2.05, 4.69) is 20.2 Å². The van der Waals surface area contributed by atoms with Gasteiger partial charge in [0.15, 0.2) is 0 Å². The van der Waals surface area contributed by atoms with Gasteiger partial charge in [0.25, 0.3) is 0 Å². The largest absolute Gasteiger partial charge is 0.550 e. The van der Waals surface area contributed by atoms with Crippen molar-refractivity contribution in [2.75, 3.05) is 26.7 Å². The molecule has 0 heterocycles. The molecular weight excluding hydrogens is 178 g/mol. The Bertz CT molecular complexity index is 201. The molecule has 0 atom stereocenters. The SMILES string of the molecule is C=CC[N+](C)(CC=C)CCCC(=O)[O-]. The molecule has 0 saturated carbocycles. The summed E-state index contributed by atoms with van der Waals surface area (Å²) in [5, 5.41) is 10.2. The standard InChI is InChI=1S/C11H19NO2/c1-4-8-12(3,9-5-2)10-6-7-11(13)14/h4-5H,1-2,6-10H2,3H3. The number of carbonyl (C=O) groups is 1. The van der Waals surface area contributed by atoms with Crippen LogP contribution in [-0.4, -0.2) is 37.1 Å². The highest BCUT2D eigenvalue weighted by Crippen LogP contribution is 2.05. The summed E-state index contributed by atoms with van der Waals surface area (Å²) in [6.45, 7) is 9.86. The van der Waals surface area contributed by atoms with Crippen molar-refractivity contribution >= 4 is 5.97 Å². The summed E-state index contributed by atoms with van der Waals surface area (Å²) >= 11 is 0. The molecule has 0 amide bonds. The van der Waals surface area contributed by atoms with Crippen LogP contribution in [0.2, 0.25) is 0 Å². The number of hydrogen-bond acceptors (Lipinski definition) is 2. The smallest absolute Gasteiger partial charge is 0.0971 e. The molecule has 0 saturated heterocycles. The second-order valence-electron chi connectivity index (χ2n) is 3.76.